The molecule has 2 heterocycles. The molecule has 2 aromatic rings. The Hall–Kier alpha value is -2.67. The van der Waals surface area contributed by atoms with Gasteiger partial charge in [0.15, 0.2) is 0 Å². The van der Waals surface area contributed by atoms with Crippen molar-refractivity contribution in [3.63, 3.8) is 0 Å². The first-order chi connectivity index (χ1) is 14.1. The lowest BCUT2D eigenvalue weighted by atomic mass is 9.87. The highest BCUT2D eigenvalue weighted by atomic mass is 16.2. The molecule has 3 rings (SSSR count). The molecule has 1 aliphatic rings. The summed E-state index contributed by atoms with van der Waals surface area (Å²) < 4.78 is 1.77. The van der Waals surface area contributed by atoms with Crippen LogP contribution in [0.25, 0.3) is 0 Å². The summed E-state index contributed by atoms with van der Waals surface area (Å²) in [6.45, 7) is 7.20. The number of hydrogen-bond donors (Lipinski definition) is 2. The van der Waals surface area contributed by atoms with Gasteiger partial charge in [-0.3, -0.25) is 14.3 Å². The zero-order valence-electron chi connectivity index (χ0n) is 17.4. The summed E-state index contributed by atoms with van der Waals surface area (Å²) in [6.07, 6.45) is 6.78. The Morgan fingerprint density at radius 3 is 2.34 bits per heavy atom. The van der Waals surface area contributed by atoms with Gasteiger partial charge in [0.1, 0.15) is 5.54 Å². The highest BCUT2D eigenvalue weighted by Gasteiger charge is 2.42. The normalized spacial score (nSPS) is 15.7. The first-order valence-corrected chi connectivity index (χ1v) is 10.5. The Balaban J connectivity index is 1.73. The number of hydrogen-bond acceptors (Lipinski definition) is 4. The molecule has 1 fully saturated rings. The second kappa shape index (κ2) is 9.69. The number of nitrogens with one attached hydrogen (secondary N) is 2. The Kier molecular flexibility index (Phi) is 7.04. The van der Waals surface area contributed by atoms with Crippen molar-refractivity contribution in [1.82, 2.24) is 20.0 Å². The Morgan fingerprint density at radius 2 is 1.79 bits per heavy atom. The second-order valence-electron chi connectivity index (χ2n) is 7.56. The van der Waals surface area contributed by atoms with Crippen molar-refractivity contribution in [2.24, 2.45) is 0 Å². The lowest BCUT2D eigenvalue weighted by Crippen LogP contribution is -2.52. The number of aromatic nitrogens is 2. The molecular formula is C22H31N5O2. The van der Waals surface area contributed by atoms with E-state index in [1.54, 1.807) is 35.1 Å². The van der Waals surface area contributed by atoms with E-state index < -0.39 is 5.54 Å². The average Bonchev–Trinajstić information content (AvgIpc) is 3.29. The third kappa shape index (κ3) is 4.67. The lowest BCUT2D eigenvalue weighted by molar-refractivity contribution is -0.126. The molecule has 2 amide bonds. The van der Waals surface area contributed by atoms with E-state index in [0.29, 0.717) is 24.1 Å². The van der Waals surface area contributed by atoms with Crippen LogP contribution in [0.2, 0.25) is 0 Å². The van der Waals surface area contributed by atoms with Crippen LogP contribution in [0.4, 0.5) is 5.69 Å². The van der Waals surface area contributed by atoms with E-state index in [4.69, 9.17) is 0 Å². The fourth-order valence-electron chi connectivity index (χ4n) is 3.90. The molecular weight excluding hydrogens is 366 g/mol. The number of benzene rings is 1. The number of anilines is 1. The van der Waals surface area contributed by atoms with Gasteiger partial charge in [-0.25, -0.2) is 0 Å². The van der Waals surface area contributed by atoms with Crippen LogP contribution in [0.15, 0.2) is 42.7 Å². The van der Waals surface area contributed by atoms with Gasteiger partial charge in [0.2, 0.25) is 0 Å². The molecule has 7 heteroatoms. The van der Waals surface area contributed by atoms with Gasteiger partial charge in [-0.15, -0.1) is 0 Å². The fourth-order valence-corrected chi connectivity index (χ4v) is 3.90. The van der Waals surface area contributed by atoms with Crippen molar-refractivity contribution in [2.45, 2.75) is 45.1 Å². The molecule has 0 bridgehead atoms. The van der Waals surface area contributed by atoms with Gasteiger partial charge in [-0.05, 0) is 69.1 Å². The van der Waals surface area contributed by atoms with Gasteiger partial charge in [-0.1, -0.05) is 13.8 Å². The number of carbonyl (C=O) groups is 2. The Bertz CT molecular complexity index is 789. The highest BCUT2D eigenvalue weighted by Crippen LogP contribution is 2.28. The zero-order chi connectivity index (χ0) is 20.7. The molecule has 1 aliphatic heterocycles. The monoisotopic (exact) mass is 397 g/mol. The van der Waals surface area contributed by atoms with Crippen molar-refractivity contribution in [2.75, 3.05) is 31.5 Å². The molecule has 0 atom stereocenters. The van der Waals surface area contributed by atoms with Crippen LogP contribution in [-0.2, 0) is 10.3 Å². The predicted molar refractivity (Wildman–Crippen MR) is 114 cm³/mol. The average molecular weight is 398 g/mol. The lowest BCUT2D eigenvalue weighted by Gasteiger charge is -2.36. The second-order valence-corrected chi connectivity index (χ2v) is 7.56. The zero-order valence-corrected chi connectivity index (χ0v) is 17.4. The number of nitrogens with zero attached hydrogens (tertiary/aromatic N) is 3. The maximum atomic E-state index is 13.2. The van der Waals surface area contributed by atoms with Gasteiger partial charge >= 0.3 is 0 Å². The smallest absolute Gasteiger partial charge is 0.253 e. The Morgan fingerprint density at radius 1 is 1.14 bits per heavy atom. The van der Waals surface area contributed by atoms with E-state index in [2.05, 4.69) is 29.6 Å². The van der Waals surface area contributed by atoms with Crippen LogP contribution in [-0.4, -0.2) is 52.7 Å². The first-order valence-electron chi connectivity index (χ1n) is 10.5. The SMILES string of the molecule is CCCN(CCC)C(=O)c1ccc(NC(=O)C2(n3cccn3)CCNCC2)cc1. The van der Waals surface area contributed by atoms with E-state index in [1.807, 2.05) is 17.2 Å². The number of carbonyl (C=O) groups excluding carboxylic acids is 2. The van der Waals surface area contributed by atoms with Gasteiger partial charge in [-0.2, -0.15) is 5.10 Å². The molecule has 156 valence electrons. The summed E-state index contributed by atoms with van der Waals surface area (Å²) >= 11 is 0. The molecule has 0 unspecified atom stereocenters. The van der Waals surface area contributed by atoms with Crippen molar-refractivity contribution in [3.8, 4) is 0 Å². The molecule has 2 N–H and O–H groups in total. The van der Waals surface area contributed by atoms with Gasteiger partial charge in [0, 0.05) is 36.7 Å². The van der Waals surface area contributed by atoms with E-state index in [-0.39, 0.29) is 11.8 Å². The molecule has 0 saturated carbocycles. The molecule has 29 heavy (non-hydrogen) atoms. The summed E-state index contributed by atoms with van der Waals surface area (Å²) in [5, 5.41) is 10.7. The number of rotatable bonds is 8. The van der Waals surface area contributed by atoms with Gasteiger partial charge in [0.05, 0.1) is 0 Å². The van der Waals surface area contributed by atoms with Crippen LogP contribution in [0.5, 0.6) is 0 Å². The summed E-state index contributed by atoms with van der Waals surface area (Å²) in [5.74, 6) is -0.0293. The quantitative estimate of drug-likeness (QED) is 0.718. The summed E-state index contributed by atoms with van der Waals surface area (Å²) in [5.41, 5.74) is 0.644. The third-order valence-electron chi connectivity index (χ3n) is 5.46. The topological polar surface area (TPSA) is 79.3 Å². The maximum absolute atomic E-state index is 13.2. The van der Waals surface area contributed by atoms with Crippen LogP contribution in [0.3, 0.4) is 0 Å². The summed E-state index contributed by atoms with van der Waals surface area (Å²) in [7, 11) is 0. The largest absolute Gasteiger partial charge is 0.339 e. The van der Waals surface area contributed by atoms with Gasteiger partial charge < -0.3 is 15.5 Å². The van der Waals surface area contributed by atoms with E-state index in [0.717, 1.165) is 39.0 Å². The fraction of sp³-hybridized carbons (Fsp3) is 0.500. The minimum absolute atomic E-state index is 0.0398. The molecule has 7 nitrogen and oxygen atoms in total. The van der Waals surface area contributed by atoms with Gasteiger partial charge in [0.25, 0.3) is 11.8 Å². The van der Waals surface area contributed by atoms with Crippen molar-refractivity contribution in [1.29, 1.82) is 0 Å². The predicted octanol–water partition coefficient (Wildman–Crippen LogP) is 2.86. The molecule has 1 aromatic carbocycles. The standard InChI is InChI=1S/C22H31N5O2/c1-3-15-26(16-4-2)20(28)18-6-8-19(9-7-18)25-21(29)22(10-13-23-14-11-22)27-17-5-12-24-27/h5-9,12,17,23H,3-4,10-11,13-16H2,1-2H3,(H,25,29). The van der Waals surface area contributed by atoms with Crippen LogP contribution in [0, 0.1) is 0 Å². The molecule has 1 aromatic heterocycles. The van der Waals surface area contributed by atoms with E-state index in [1.165, 1.54) is 0 Å². The van der Waals surface area contributed by atoms with Crippen LogP contribution < -0.4 is 10.6 Å². The third-order valence-corrected chi connectivity index (χ3v) is 5.46. The summed E-state index contributed by atoms with van der Waals surface area (Å²) in [4.78, 5) is 27.8. The number of amides is 2. The summed E-state index contributed by atoms with van der Waals surface area (Å²) in [6, 6.07) is 9.03. The molecule has 0 radical (unpaired) electrons. The van der Waals surface area contributed by atoms with Crippen molar-refractivity contribution >= 4 is 17.5 Å². The van der Waals surface area contributed by atoms with Crippen molar-refractivity contribution < 1.29 is 9.59 Å². The Labute approximate surface area is 172 Å². The van der Waals surface area contributed by atoms with E-state index in [9.17, 15) is 9.59 Å². The van der Waals surface area contributed by atoms with E-state index >= 15 is 0 Å². The number of piperidine rings is 1. The van der Waals surface area contributed by atoms with Crippen molar-refractivity contribution in [3.05, 3.63) is 48.3 Å². The molecule has 0 spiro atoms. The van der Waals surface area contributed by atoms with Crippen LogP contribution >= 0.6 is 0 Å². The minimum atomic E-state index is -0.692. The maximum Gasteiger partial charge on any atom is 0.253 e. The minimum Gasteiger partial charge on any atom is -0.339 e. The molecule has 0 aliphatic carbocycles. The highest BCUT2D eigenvalue weighted by molar-refractivity contribution is 5.98. The first kappa shape index (κ1) is 21.0. The van der Waals surface area contributed by atoms with Crippen LogP contribution in [0.1, 0.15) is 49.9 Å². The molecule has 1 saturated heterocycles.